The van der Waals surface area contributed by atoms with Crippen LogP contribution < -0.4 is 5.56 Å². The molecular weight excluding hydrogens is 400 g/mol. The zero-order chi connectivity index (χ0) is 21.2. The first-order chi connectivity index (χ1) is 15.2. The summed E-state index contributed by atoms with van der Waals surface area (Å²) in [5.74, 6) is 0. The van der Waals surface area contributed by atoms with Crippen LogP contribution in [-0.4, -0.2) is 9.78 Å². The van der Waals surface area contributed by atoms with Gasteiger partial charge in [0.25, 0.3) is 5.56 Å². The van der Waals surface area contributed by atoms with Crippen molar-refractivity contribution >= 4 is 23.4 Å². The Labute approximate surface area is 186 Å². The number of rotatable bonds is 5. The quantitative estimate of drug-likeness (QED) is 0.319. The fraction of sp³-hybridized carbons (Fsp3) is 0.0741. The van der Waals surface area contributed by atoms with Crippen molar-refractivity contribution in [1.82, 2.24) is 9.78 Å². The lowest BCUT2D eigenvalue weighted by Crippen LogP contribution is -2.20. The molecule has 3 nitrogen and oxygen atoms in total. The molecule has 0 saturated heterocycles. The van der Waals surface area contributed by atoms with Crippen LogP contribution in [0.5, 0.6) is 0 Å². The second-order valence-electron chi connectivity index (χ2n) is 7.59. The van der Waals surface area contributed by atoms with E-state index in [0.717, 1.165) is 27.8 Å². The molecule has 1 N–H and O–H groups in total. The lowest BCUT2D eigenvalue weighted by atomic mass is 10.0. The number of nitrogens with one attached hydrogen (secondary N) is 1. The summed E-state index contributed by atoms with van der Waals surface area (Å²) in [6.45, 7) is 0.447. The highest BCUT2D eigenvalue weighted by Crippen LogP contribution is 2.31. The fourth-order valence-electron chi connectivity index (χ4n) is 4.11. The molecule has 4 heteroatoms. The van der Waals surface area contributed by atoms with Gasteiger partial charge in [-0.15, -0.1) is 0 Å². The average Bonchev–Trinajstić information content (AvgIpc) is 3.15. The molecule has 4 aromatic carbocycles. The van der Waals surface area contributed by atoms with E-state index in [4.69, 9.17) is 12.6 Å². The molecular formula is C27H22N2OS. The summed E-state index contributed by atoms with van der Waals surface area (Å²) in [6.07, 6.45) is 0. The maximum atomic E-state index is 13.5. The molecule has 1 atom stereocenters. The van der Waals surface area contributed by atoms with Gasteiger partial charge in [-0.1, -0.05) is 103 Å². The Morgan fingerprint density at radius 3 is 2.10 bits per heavy atom. The molecule has 5 aromatic rings. The largest absolute Gasteiger partial charge is 0.294 e. The van der Waals surface area contributed by atoms with Gasteiger partial charge in [0.2, 0.25) is 0 Å². The highest BCUT2D eigenvalue weighted by Gasteiger charge is 2.20. The molecule has 1 heterocycles. The molecule has 0 radical (unpaired) electrons. The Morgan fingerprint density at radius 2 is 1.35 bits per heavy atom. The molecule has 31 heavy (non-hydrogen) atoms. The van der Waals surface area contributed by atoms with Crippen molar-refractivity contribution in [3.8, 4) is 22.4 Å². The van der Waals surface area contributed by atoms with Crippen LogP contribution >= 0.6 is 12.6 Å². The third-order valence-corrected chi connectivity index (χ3v) is 6.06. The van der Waals surface area contributed by atoms with Crippen molar-refractivity contribution in [2.45, 2.75) is 11.8 Å². The van der Waals surface area contributed by atoms with Crippen LogP contribution in [0.2, 0.25) is 0 Å². The van der Waals surface area contributed by atoms with Crippen LogP contribution in [0.15, 0.2) is 108 Å². The minimum absolute atomic E-state index is 0.0376. The van der Waals surface area contributed by atoms with Crippen LogP contribution in [-0.2, 0) is 6.54 Å². The van der Waals surface area contributed by atoms with Crippen LogP contribution in [0.25, 0.3) is 33.2 Å². The summed E-state index contributed by atoms with van der Waals surface area (Å²) < 4.78 is 1.68. The highest BCUT2D eigenvalue weighted by molar-refractivity contribution is 7.80. The van der Waals surface area contributed by atoms with E-state index in [2.05, 4.69) is 29.4 Å². The van der Waals surface area contributed by atoms with Gasteiger partial charge in [-0.05, 0) is 21.9 Å². The zero-order valence-corrected chi connectivity index (χ0v) is 17.8. The standard InChI is InChI=1S/C27H22N2OS/c30-27-25(20-11-3-1-4-12-20)26(21-13-5-2-6-14-21)28-29(27)18-24(31)23-17-9-15-19-10-7-8-16-22(19)23/h1-17,24,28,31H,18H2. The Hall–Kier alpha value is -3.50. The molecule has 0 fully saturated rings. The van der Waals surface area contributed by atoms with Crippen molar-refractivity contribution in [2.24, 2.45) is 0 Å². The molecule has 1 aromatic heterocycles. The van der Waals surface area contributed by atoms with Crippen LogP contribution in [0.4, 0.5) is 0 Å². The molecule has 0 saturated carbocycles. The van der Waals surface area contributed by atoms with Crippen molar-refractivity contribution in [3.05, 3.63) is 119 Å². The number of fused-ring (bicyclic) bond motifs is 1. The highest BCUT2D eigenvalue weighted by atomic mass is 32.1. The van der Waals surface area contributed by atoms with Crippen molar-refractivity contribution in [2.75, 3.05) is 0 Å². The molecule has 5 rings (SSSR count). The number of nitrogens with zero attached hydrogens (tertiary/aromatic N) is 1. The van der Waals surface area contributed by atoms with Crippen molar-refractivity contribution < 1.29 is 0 Å². The minimum atomic E-state index is -0.130. The predicted molar refractivity (Wildman–Crippen MR) is 132 cm³/mol. The number of H-pyrrole nitrogens is 1. The molecule has 0 aliphatic heterocycles. The summed E-state index contributed by atoms with van der Waals surface area (Å²) in [5.41, 5.74) is 4.48. The Balaban J connectivity index is 1.60. The van der Waals surface area contributed by atoms with Crippen molar-refractivity contribution in [3.63, 3.8) is 0 Å². The third-order valence-electron chi connectivity index (χ3n) is 5.62. The Bertz CT molecular complexity index is 1380. The number of benzene rings is 4. The summed E-state index contributed by atoms with van der Waals surface area (Å²) in [5, 5.41) is 5.58. The van der Waals surface area contributed by atoms with Gasteiger partial charge in [-0.25, -0.2) is 0 Å². The summed E-state index contributed by atoms with van der Waals surface area (Å²) in [6, 6.07) is 34.3. The molecule has 0 bridgehead atoms. The first kappa shape index (κ1) is 19.5. The fourth-order valence-corrected chi connectivity index (χ4v) is 4.50. The van der Waals surface area contributed by atoms with E-state index >= 15 is 0 Å². The van der Waals surface area contributed by atoms with Crippen LogP contribution in [0.3, 0.4) is 0 Å². The van der Waals surface area contributed by atoms with E-state index in [1.54, 1.807) is 4.68 Å². The number of aromatic amines is 1. The molecule has 0 aliphatic carbocycles. The van der Waals surface area contributed by atoms with E-state index < -0.39 is 0 Å². The smallest absolute Gasteiger partial charge is 0.275 e. The summed E-state index contributed by atoms with van der Waals surface area (Å²) in [4.78, 5) is 13.5. The van der Waals surface area contributed by atoms with Gasteiger partial charge < -0.3 is 0 Å². The molecule has 0 amide bonds. The van der Waals surface area contributed by atoms with Gasteiger partial charge in [0.15, 0.2) is 0 Å². The van der Waals surface area contributed by atoms with Crippen LogP contribution in [0, 0.1) is 0 Å². The average molecular weight is 423 g/mol. The van der Waals surface area contributed by atoms with Gasteiger partial charge in [0.1, 0.15) is 0 Å². The maximum absolute atomic E-state index is 13.5. The third kappa shape index (κ3) is 3.71. The van der Waals surface area contributed by atoms with E-state index in [1.165, 1.54) is 5.39 Å². The van der Waals surface area contributed by atoms with Gasteiger partial charge >= 0.3 is 0 Å². The predicted octanol–water partition coefficient (Wildman–Crippen LogP) is 6.33. The molecule has 1 unspecified atom stereocenters. The number of hydrogen-bond acceptors (Lipinski definition) is 2. The first-order valence-corrected chi connectivity index (χ1v) is 10.8. The molecule has 0 aliphatic rings. The Morgan fingerprint density at radius 1 is 0.742 bits per heavy atom. The monoisotopic (exact) mass is 422 g/mol. The van der Waals surface area contributed by atoms with Crippen molar-refractivity contribution in [1.29, 1.82) is 0 Å². The lowest BCUT2D eigenvalue weighted by Gasteiger charge is -2.14. The van der Waals surface area contributed by atoms with E-state index in [1.807, 2.05) is 78.9 Å². The normalized spacial score (nSPS) is 12.2. The first-order valence-electron chi connectivity index (χ1n) is 10.3. The number of aromatic nitrogens is 2. The maximum Gasteiger partial charge on any atom is 0.275 e. The van der Waals surface area contributed by atoms with E-state index in [0.29, 0.717) is 12.1 Å². The SMILES string of the molecule is O=c1c(-c2ccccc2)c(-c2ccccc2)[nH]n1CC(S)c1cccc2ccccc12. The van der Waals surface area contributed by atoms with Gasteiger partial charge in [0.05, 0.1) is 17.8 Å². The second kappa shape index (κ2) is 8.32. The number of hydrogen-bond donors (Lipinski definition) is 2. The zero-order valence-electron chi connectivity index (χ0n) is 16.9. The van der Waals surface area contributed by atoms with E-state index in [-0.39, 0.29) is 10.8 Å². The Kier molecular flexibility index (Phi) is 5.23. The topological polar surface area (TPSA) is 37.8 Å². The second-order valence-corrected chi connectivity index (χ2v) is 8.22. The summed E-state index contributed by atoms with van der Waals surface area (Å²) >= 11 is 4.89. The summed E-state index contributed by atoms with van der Waals surface area (Å²) in [7, 11) is 0. The molecule has 152 valence electrons. The molecule has 0 spiro atoms. The van der Waals surface area contributed by atoms with Gasteiger partial charge in [0, 0.05) is 10.8 Å². The number of thiol groups is 1. The van der Waals surface area contributed by atoms with E-state index in [9.17, 15) is 4.79 Å². The minimum Gasteiger partial charge on any atom is -0.294 e. The van der Waals surface area contributed by atoms with Gasteiger partial charge in [-0.3, -0.25) is 14.6 Å². The van der Waals surface area contributed by atoms with Crippen LogP contribution in [0.1, 0.15) is 10.8 Å². The lowest BCUT2D eigenvalue weighted by molar-refractivity contribution is 0.594. The van der Waals surface area contributed by atoms with Gasteiger partial charge in [-0.2, -0.15) is 12.6 Å².